The average molecular weight is 501 g/mol. The monoisotopic (exact) mass is 500 g/mol. The van der Waals surface area contributed by atoms with Gasteiger partial charge in [0.1, 0.15) is 5.82 Å². The fourth-order valence-corrected chi connectivity index (χ4v) is 6.06. The van der Waals surface area contributed by atoms with Crippen molar-refractivity contribution in [3.63, 3.8) is 0 Å². The van der Waals surface area contributed by atoms with Gasteiger partial charge >= 0.3 is 0 Å². The number of morpholine rings is 1. The van der Waals surface area contributed by atoms with Crippen LogP contribution < -0.4 is 21.1 Å². The van der Waals surface area contributed by atoms with E-state index in [1.807, 2.05) is 24.3 Å². The molecule has 2 aliphatic rings. The lowest BCUT2D eigenvalue weighted by Crippen LogP contribution is -2.55. The molecule has 188 valence electrons. The summed E-state index contributed by atoms with van der Waals surface area (Å²) in [5.41, 5.74) is 14.0. The summed E-state index contributed by atoms with van der Waals surface area (Å²) in [4.78, 5) is 11.2. The number of aromatic nitrogens is 4. The van der Waals surface area contributed by atoms with Gasteiger partial charge in [0.25, 0.3) is 0 Å². The third kappa shape index (κ3) is 5.10. The molecule has 0 amide bonds. The molecule has 1 aliphatic heterocycles. The number of nitrogen functional groups attached to an aromatic ring is 2. The van der Waals surface area contributed by atoms with Crippen molar-refractivity contribution in [1.82, 2.24) is 24.9 Å². The Morgan fingerprint density at radius 3 is 2.83 bits per heavy atom. The van der Waals surface area contributed by atoms with Crippen LogP contribution in [0.2, 0.25) is 0 Å². The SMILES string of the molecule is C[C@@H]1CO[C@@H](CC2(NS(=O)O)CCCCC2)CN1c1cc(-c2ccc3c(N)n[nH]c3c2)nc(N)n1. The molecule has 3 aromatic rings. The van der Waals surface area contributed by atoms with Gasteiger partial charge in [0.2, 0.25) is 17.2 Å². The zero-order chi connectivity index (χ0) is 24.6. The summed E-state index contributed by atoms with van der Waals surface area (Å²) >= 11 is -2.07. The summed E-state index contributed by atoms with van der Waals surface area (Å²) in [5.74, 6) is 1.38. The number of H-pyrrole nitrogens is 1. The van der Waals surface area contributed by atoms with Gasteiger partial charge in [-0.3, -0.25) is 9.65 Å². The number of fused-ring (bicyclic) bond motifs is 1. The van der Waals surface area contributed by atoms with Crippen molar-refractivity contribution >= 4 is 39.8 Å². The minimum Gasteiger partial charge on any atom is -0.382 e. The van der Waals surface area contributed by atoms with Gasteiger partial charge in [0.05, 0.1) is 30.0 Å². The summed E-state index contributed by atoms with van der Waals surface area (Å²) in [6.07, 6.45) is 5.50. The number of nitrogens with one attached hydrogen (secondary N) is 2. The van der Waals surface area contributed by atoms with Crippen molar-refractivity contribution in [2.75, 3.05) is 29.5 Å². The van der Waals surface area contributed by atoms with Crippen molar-refractivity contribution in [3.05, 3.63) is 24.3 Å². The fourth-order valence-electron chi connectivity index (χ4n) is 5.41. The minimum absolute atomic E-state index is 0.0884. The van der Waals surface area contributed by atoms with Gasteiger partial charge < -0.3 is 21.1 Å². The standard InChI is InChI=1S/C23H32N8O3S/c1-14-13-34-16(11-23(30-35(32)33)7-3-2-4-8-23)12-31(14)20-10-18(26-22(25)27-20)15-5-6-17-19(9-15)28-29-21(17)24/h5-6,9-10,14,16,30H,2-4,7-8,11-13H2,1H3,(H,32,33)(H3,24,28,29)(H2,25,26,27)/t14-,16+/m1/s1. The molecule has 1 saturated carbocycles. The molecule has 1 unspecified atom stereocenters. The number of nitrogens with two attached hydrogens (primary N) is 2. The average Bonchev–Trinajstić information content (AvgIpc) is 3.20. The molecule has 0 radical (unpaired) electrons. The highest BCUT2D eigenvalue weighted by atomic mass is 32.2. The third-order valence-electron chi connectivity index (χ3n) is 7.15. The Balaban J connectivity index is 1.40. The van der Waals surface area contributed by atoms with Gasteiger partial charge in [0.15, 0.2) is 5.82 Å². The van der Waals surface area contributed by atoms with Crippen LogP contribution in [0.5, 0.6) is 0 Å². The van der Waals surface area contributed by atoms with Gasteiger partial charge in [-0.25, -0.2) is 13.9 Å². The zero-order valence-electron chi connectivity index (χ0n) is 19.7. The maximum atomic E-state index is 11.6. The van der Waals surface area contributed by atoms with Gasteiger partial charge in [-0.1, -0.05) is 25.3 Å². The summed E-state index contributed by atoms with van der Waals surface area (Å²) in [5, 5.41) is 7.86. The highest BCUT2D eigenvalue weighted by Gasteiger charge is 2.39. The van der Waals surface area contributed by atoms with E-state index in [2.05, 4.69) is 36.7 Å². The summed E-state index contributed by atoms with van der Waals surface area (Å²) in [6, 6.07) is 7.83. The van der Waals surface area contributed by atoms with E-state index in [0.29, 0.717) is 31.1 Å². The molecular weight excluding hydrogens is 468 g/mol. The molecule has 1 aromatic carbocycles. The van der Waals surface area contributed by atoms with Crippen molar-refractivity contribution in [3.8, 4) is 11.3 Å². The van der Waals surface area contributed by atoms with Crippen molar-refractivity contribution < 1.29 is 13.5 Å². The van der Waals surface area contributed by atoms with Crippen LogP contribution in [0, 0.1) is 0 Å². The van der Waals surface area contributed by atoms with Gasteiger partial charge in [0, 0.05) is 29.1 Å². The van der Waals surface area contributed by atoms with E-state index in [-0.39, 0.29) is 18.1 Å². The number of rotatable bonds is 6. The molecule has 5 rings (SSSR count). The van der Waals surface area contributed by atoms with Crippen molar-refractivity contribution in [2.24, 2.45) is 0 Å². The lowest BCUT2D eigenvalue weighted by atomic mass is 9.78. The molecule has 1 saturated heterocycles. The molecular formula is C23H32N8O3S. The summed E-state index contributed by atoms with van der Waals surface area (Å²) in [7, 11) is 0. The van der Waals surface area contributed by atoms with E-state index < -0.39 is 16.8 Å². The number of aromatic amines is 1. The van der Waals surface area contributed by atoms with Crippen LogP contribution in [-0.2, 0) is 16.0 Å². The van der Waals surface area contributed by atoms with E-state index in [0.717, 1.165) is 54.4 Å². The Morgan fingerprint density at radius 2 is 2.06 bits per heavy atom. The number of nitrogens with zero attached hydrogens (tertiary/aromatic N) is 4. The van der Waals surface area contributed by atoms with E-state index >= 15 is 0 Å². The highest BCUT2D eigenvalue weighted by molar-refractivity contribution is 7.77. The molecule has 12 heteroatoms. The number of benzene rings is 1. The number of ether oxygens (including phenoxy) is 1. The second kappa shape index (κ2) is 9.69. The maximum absolute atomic E-state index is 11.6. The molecule has 2 aromatic heterocycles. The predicted molar refractivity (Wildman–Crippen MR) is 137 cm³/mol. The molecule has 7 N–H and O–H groups in total. The topological polar surface area (TPSA) is 168 Å². The Hall–Kier alpha value is -2.80. The summed E-state index contributed by atoms with van der Waals surface area (Å²) < 4.78 is 30.3. The first-order valence-electron chi connectivity index (χ1n) is 12.0. The molecule has 3 heterocycles. The maximum Gasteiger partial charge on any atom is 0.232 e. The molecule has 2 fully saturated rings. The predicted octanol–water partition coefficient (Wildman–Crippen LogP) is 2.60. The van der Waals surface area contributed by atoms with E-state index in [1.165, 1.54) is 0 Å². The van der Waals surface area contributed by atoms with E-state index in [1.54, 1.807) is 0 Å². The van der Waals surface area contributed by atoms with E-state index in [4.69, 9.17) is 16.2 Å². The normalized spacial score (nSPS) is 23.4. The van der Waals surface area contributed by atoms with Gasteiger partial charge in [-0.05, 0) is 38.3 Å². The van der Waals surface area contributed by atoms with Gasteiger partial charge in [-0.15, -0.1) is 0 Å². The largest absolute Gasteiger partial charge is 0.382 e. The van der Waals surface area contributed by atoms with E-state index in [9.17, 15) is 8.76 Å². The second-order valence-electron chi connectivity index (χ2n) is 9.69. The second-order valence-corrected chi connectivity index (χ2v) is 10.4. The number of hydrogen-bond donors (Lipinski definition) is 5. The fraction of sp³-hybridized carbons (Fsp3) is 0.522. The Labute approximate surface area is 206 Å². The first-order valence-corrected chi connectivity index (χ1v) is 13.1. The van der Waals surface area contributed by atoms with Crippen LogP contribution in [0.4, 0.5) is 17.6 Å². The molecule has 3 atom stereocenters. The Kier molecular flexibility index (Phi) is 6.62. The Morgan fingerprint density at radius 1 is 1.26 bits per heavy atom. The van der Waals surface area contributed by atoms with Crippen molar-refractivity contribution in [1.29, 1.82) is 0 Å². The molecule has 1 aliphatic carbocycles. The Bertz CT molecular complexity index is 1230. The number of anilines is 3. The molecule has 35 heavy (non-hydrogen) atoms. The highest BCUT2D eigenvalue weighted by Crippen LogP contribution is 2.35. The van der Waals surface area contributed by atoms with Crippen molar-refractivity contribution in [2.45, 2.75) is 63.1 Å². The van der Waals surface area contributed by atoms with Gasteiger partial charge in [-0.2, -0.15) is 10.1 Å². The molecule has 11 nitrogen and oxygen atoms in total. The van der Waals surface area contributed by atoms with Crippen LogP contribution >= 0.6 is 0 Å². The van der Waals surface area contributed by atoms with Crippen LogP contribution in [-0.4, -0.2) is 59.8 Å². The first kappa shape index (κ1) is 23.9. The summed E-state index contributed by atoms with van der Waals surface area (Å²) in [6.45, 7) is 3.22. The molecule has 0 bridgehead atoms. The zero-order valence-corrected chi connectivity index (χ0v) is 20.6. The third-order valence-corrected chi connectivity index (χ3v) is 7.76. The minimum atomic E-state index is -2.07. The van der Waals surface area contributed by atoms with Crippen LogP contribution in [0.1, 0.15) is 45.4 Å². The molecule has 0 spiro atoms. The van der Waals surface area contributed by atoms with Crippen LogP contribution in [0.25, 0.3) is 22.2 Å². The van der Waals surface area contributed by atoms with Crippen LogP contribution in [0.15, 0.2) is 24.3 Å². The van der Waals surface area contributed by atoms with Crippen LogP contribution in [0.3, 0.4) is 0 Å². The first-order chi connectivity index (χ1) is 16.8. The lowest BCUT2D eigenvalue weighted by Gasteiger charge is -2.44. The lowest BCUT2D eigenvalue weighted by molar-refractivity contribution is -0.00234. The number of hydrogen-bond acceptors (Lipinski definition) is 8. The quantitative estimate of drug-likeness (QED) is 0.319. The smallest absolute Gasteiger partial charge is 0.232 e.